The van der Waals surface area contributed by atoms with E-state index in [-0.39, 0.29) is 21.4 Å². The number of benzene rings is 2. The number of thiazole rings is 1. The fourth-order valence-electron chi connectivity index (χ4n) is 4.29. The van der Waals surface area contributed by atoms with Crippen LogP contribution in [0, 0.1) is 11.3 Å². The van der Waals surface area contributed by atoms with Crippen LogP contribution < -0.4 is 20.5 Å². The molecule has 4 rings (SSSR count). The first-order valence-electron chi connectivity index (χ1n) is 11.2. The molecule has 6 nitrogen and oxygen atoms in total. The topological polar surface area (TPSA) is 98.1 Å². The summed E-state index contributed by atoms with van der Waals surface area (Å²) in [6, 6.07) is 10.4. The minimum Gasteiger partial charge on any atom is -0.463 e. The number of aromatic nitrogens is 1. The largest absolute Gasteiger partial charge is 0.463 e. The van der Waals surface area contributed by atoms with Gasteiger partial charge in [-0.2, -0.15) is 31.6 Å². The predicted octanol–water partition coefficient (Wildman–Crippen LogP) is 3.94. The number of carbonyl (C=O) groups is 1. The van der Waals surface area contributed by atoms with Gasteiger partial charge in [0, 0.05) is 0 Å². The van der Waals surface area contributed by atoms with Gasteiger partial charge in [0.2, 0.25) is 0 Å². The Morgan fingerprint density at radius 1 is 1.08 bits per heavy atom. The monoisotopic (exact) mass is 565 g/mol. The third-order valence-corrected chi connectivity index (χ3v) is 7.00. The zero-order valence-electron chi connectivity index (χ0n) is 19.9. The van der Waals surface area contributed by atoms with E-state index < -0.39 is 63.5 Å². The number of hydrogen-bond acceptors (Lipinski definition) is 6. The maximum absolute atomic E-state index is 13.9. The van der Waals surface area contributed by atoms with Gasteiger partial charge in [-0.1, -0.05) is 36.4 Å². The summed E-state index contributed by atoms with van der Waals surface area (Å²) in [5, 5.41) is 9.92. The van der Waals surface area contributed by atoms with Gasteiger partial charge >= 0.3 is 18.3 Å². The number of allylic oxidation sites excluding steroid dienone is 1. The molecule has 1 aromatic heterocycles. The summed E-state index contributed by atoms with van der Waals surface area (Å²) in [4.78, 5) is 26.5. The van der Waals surface area contributed by atoms with Crippen LogP contribution in [0.4, 0.5) is 26.3 Å². The SMILES string of the molecule is CCOC(=O)C1=c2s/c(=C\c3ccccc3C(F)(F)F)c(=O)n2C(N)=C(C#N)C1c1ccccc1C(F)(F)F. The number of nitrogens with two attached hydrogens (primary N) is 1. The Labute approximate surface area is 220 Å². The number of esters is 1. The van der Waals surface area contributed by atoms with Crippen LogP contribution in [0.3, 0.4) is 0 Å². The Hall–Kier alpha value is -4.31. The van der Waals surface area contributed by atoms with E-state index in [2.05, 4.69) is 0 Å². The van der Waals surface area contributed by atoms with E-state index >= 15 is 0 Å². The number of nitrogens with zero attached hydrogens (tertiary/aromatic N) is 2. The van der Waals surface area contributed by atoms with Crippen molar-refractivity contribution in [1.82, 2.24) is 4.57 Å². The standard InChI is InChI=1S/C26H17F6N3O3S/c1-2-38-24(37)20-19(14-8-4-6-10-17(14)26(30,31)32)15(12-33)21(34)35-22(36)18(39-23(20)35)11-13-7-3-5-9-16(13)25(27,28)29/h3-11,19H,2,34H2,1H3/b18-11-. The van der Waals surface area contributed by atoms with E-state index in [1.54, 1.807) is 6.07 Å². The van der Waals surface area contributed by atoms with Gasteiger partial charge in [0.05, 0.1) is 45.4 Å². The molecule has 0 fully saturated rings. The summed E-state index contributed by atoms with van der Waals surface area (Å²) in [5.41, 5.74) is 1.15. The van der Waals surface area contributed by atoms with E-state index in [9.17, 15) is 41.2 Å². The zero-order chi connectivity index (χ0) is 28.7. The number of carbonyl (C=O) groups excluding carboxylic acids is 1. The van der Waals surface area contributed by atoms with Crippen molar-refractivity contribution in [3.8, 4) is 6.07 Å². The third kappa shape index (κ3) is 4.95. The molecule has 2 N–H and O–H groups in total. The molecule has 0 spiro atoms. The summed E-state index contributed by atoms with van der Waals surface area (Å²) >= 11 is 0.551. The highest BCUT2D eigenvalue weighted by atomic mass is 32.1. The van der Waals surface area contributed by atoms with Gasteiger partial charge in [0.25, 0.3) is 5.56 Å². The van der Waals surface area contributed by atoms with Crippen molar-refractivity contribution in [3.63, 3.8) is 0 Å². The number of hydrogen-bond donors (Lipinski definition) is 1. The van der Waals surface area contributed by atoms with Gasteiger partial charge in [-0.3, -0.25) is 9.36 Å². The van der Waals surface area contributed by atoms with Crippen LogP contribution in [0.5, 0.6) is 0 Å². The molecule has 0 radical (unpaired) electrons. The van der Waals surface area contributed by atoms with E-state index in [0.717, 1.165) is 41.0 Å². The molecule has 0 saturated heterocycles. The second kappa shape index (κ2) is 10.1. The molecular weight excluding hydrogens is 548 g/mol. The molecule has 202 valence electrons. The molecule has 2 aromatic carbocycles. The fraction of sp³-hybridized carbons (Fsp3) is 0.192. The van der Waals surface area contributed by atoms with Crippen LogP contribution in [-0.2, 0) is 21.9 Å². The smallest absolute Gasteiger partial charge is 0.416 e. The Morgan fingerprint density at radius 2 is 1.67 bits per heavy atom. The van der Waals surface area contributed by atoms with E-state index in [0.29, 0.717) is 11.3 Å². The van der Waals surface area contributed by atoms with E-state index in [1.807, 2.05) is 0 Å². The summed E-state index contributed by atoms with van der Waals surface area (Å²) in [6.07, 6.45) is -8.68. The Balaban J connectivity index is 2.15. The van der Waals surface area contributed by atoms with Crippen LogP contribution in [0.25, 0.3) is 17.5 Å². The molecule has 1 aliphatic rings. The number of rotatable bonds is 4. The number of halogens is 6. The molecule has 1 unspecified atom stereocenters. The van der Waals surface area contributed by atoms with Crippen molar-refractivity contribution in [3.05, 3.63) is 95.9 Å². The highest BCUT2D eigenvalue weighted by Crippen LogP contribution is 2.43. The van der Waals surface area contributed by atoms with Crippen molar-refractivity contribution in [2.45, 2.75) is 25.2 Å². The molecule has 0 amide bonds. The highest BCUT2D eigenvalue weighted by molar-refractivity contribution is 7.07. The number of nitriles is 1. The van der Waals surface area contributed by atoms with Crippen LogP contribution >= 0.6 is 11.3 Å². The lowest BCUT2D eigenvalue weighted by Gasteiger charge is -2.26. The molecule has 39 heavy (non-hydrogen) atoms. The molecule has 13 heteroatoms. The predicted molar refractivity (Wildman–Crippen MR) is 130 cm³/mol. The molecule has 3 aromatic rings. The first-order chi connectivity index (χ1) is 18.3. The van der Waals surface area contributed by atoms with Gasteiger partial charge in [0.15, 0.2) is 0 Å². The zero-order valence-corrected chi connectivity index (χ0v) is 20.7. The second-order valence-electron chi connectivity index (χ2n) is 8.20. The summed E-state index contributed by atoms with van der Waals surface area (Å²) in [5.74, 6) is -3.33. The van der Waals surface area contributed by atoms with Crippen LogP contribution in [0.2, 0.25) is 0 Å². The van der Waals surface area contributed by atoms with Crippen molar-refractivity contribution in [1.29, 1.82) is 5.26 Å². The Morgan fingerprint density at radius 3 is 2.26 bits per heavy atom. The van der Waals surface area contributed by atoms with Gasteiger partial charge in [-0.05, 0) is 36.3 Å². The summed E-state index contributed by atoms with van der Waals surface area (Å²) < 4.78 is 87.7. The molecule has 1 aliphatic heterocycles. The summed E-state index contributed by atoms with van der Waals surface area (Å²) in [6.45, 7) is 1.26. The minimum absolute atomic E-state index is 0.190. The third-order valence-electron chi connectivity index (χ3n) is 5.89. The molecular formula is C26H17F6N3O3S. The average Bonchev–Trinajstić information content (AvgIpc) is 3.18. The van der Waals surface area contributed by atoms with Gasteiger partial charge in [-0.15, -0.1) is 11.3 Å². The number of ether oxygens (including phenoxy) is 1. The average molecular weight is 565 g/mol. The molecule has 1 atom stereocenters. The van der Waals surface area contributed by atoms with Crippen LogP contribution in [0.15, 0.2) is 58.9 Å². The van der Waals surface area contributed by atoms with Crippen LogP contribution in [0.1, 0.15) is 35.1 Å². The minimum atomic E-state index is -4.88. The van der Waals surface area contributed by atoms with Gasteiger partial charge in [-0.25, -0.2) is 4.79 Å². The quantitative estimate of drug-likeness (QED) is 0.382. The van der Waals surface area contributed by atoms with Crippen molar-refractivity contribution < 1.29 is 35.9 Å². The Kier molecular flexibility index (Phi) is 7.18. The first-order valence-corrected chi connectivity index (χ1v) is 12.0. The first kappa shape index (κ1) is 27.7. The lowest BCUT2D eigenvalue weighted by Crippen LogP contribution is -2.40. The van der Waals surface area contributed by atoms with E-state index in [4.69, 9.17) is 10.5 Å². The van der Waals surface area contributed by atoms with Gasteiger partial charge in [0.1, 0.15) is 10.5 Å². The maximum atomic E-state index is 13.9. The van der Waals surface area contributed by atoms with Gasteiger partial charge < -0.3 is 10.5 Å². The van der Waals surface area contributed by atoms with Crippen molar-refractivity contribution in [2.24, 2.45) is 5.73 Å². The highest BCUT2D eigenvalue weighted by Gasteiger charge is 2.42. The number of alkyl halides is 6. The fourth-order valence-corrected chi connectivity index (χ4v) is 5.45. The summed E-state index contributed by atoms with van der Waals surface area (Å²) in [7, 11) is 0. The lowest BCUT2D eigenvalue weighted by atomic mass is 9.81. The molecule has 0 aliphatic carbocycles. The second-order valence-corrected chi connectivity index (χ2v) is 9.23. The van der Waals surface area contributed by atoms with Crippen LogP contribution in [-0.4, -0.2) is 17.1 Å². The van der Waals surface area contributed by atoms with E-state index in [1.165, 1.54) is 25.1 Å². The lowest BCUT2D eigenvalue weighted by molar-refractivity contribution is -0.139. The van der Waals surface area contributed by atoms with Crippen molar-refractivity contribution >= 4 is 34.8 Å². The normalized spacial score (nSPS) is 16.2. The van der Waals surface area contributed by atoms with Crippen molar-refractivity contribution in [2.75, 3.05) is 6.61 Å². The molecule has 0 bridgehead atoms. The molecule has 2 heterocycles. The Bertz CT molecular complexity index is 1730. The molecule has 0 saturated carbocycles. The maximum Gasteiger partial charge on any atom is 0.416 e. The number of fused-ring (bicyclic) bond motifs is 1.